The van der Waals surface area contributed by atoms with Gasteiger partial charge in [-0.3, -0.25) is 0 Å². The molecule has 0 aliphatic heterocycles. The number of para-hydroxylation sites is 1. The molecule has 1 aromatic rings. The maximum atomic E-state index is 3.55. The van der Waals surface area contributed by atoms with E-state index in [1.165, 1.54) is 57.1 Å². The first-order valence-electron chi connectivity index (χ1n) is 7.64. The molecule has 1 N–H and O–H groups in total. The van der Waals surface area contributed by atoms with E-state index < -0.39 is 0 Å². The van der Waals surface area contributed by atoms with Crippen molar-refractivity contribution in [3.05, 3.63) is 30.3 Å². The lowest BCUT2D eigenvalue weighted by Crippen LogP contribution is -2.14. The fourth-order valence-corrected chi connectivity index (χ4v) is 2.30. The lowest BCUT2D eigenvalue weighted by molar-refractivity contribution is 0.558. The Labute approximate surface area is 113 Å². The molecule has 1 heteroatoms. The Morgan fingerprint density at radius 1 is 0.889 bits per heavy atom. The van der Waals surface area contributed by atoms with E-state index in [9.17, 15) is 0 Å². The van der Waals surface area contributed by atoms with E-state index in [2.05, 4.69) is 49.5 Å². The highest BCUT2D eigenvalue weighted by Gasteiger charge is 2.01. The minimum atomic E-state index is 0.586. The van der Waals surface area contributed by atoms with Gasteiger partial charge >= 0.3 is 0 Å². The van der Waals surface area contributed by atoms with Crippen molar-refractivity contribution in [1.82, 2.24) is 0 Å². The zero-order chi connectivity index (χ0) is 13.1. The second-order valence-corrected chi connectivity index (χ2v) is 5.32. The summed E-state index contributed by atoms with van der Waals surface area (Å²) in [6.07, 6.45) is 11.0. The Morgan fingerprint density at radius 2 is 1.50 bits per heavy atom. The summed E-state index contributed by atoms with van der Waals surface area (Å²) in [5.41, 5.74) is 1.24. The fraction of sp³-hybridized carbons (Fsp3) is 0.647. The van der Waals surface area contributed by atoms with Gasteiger partial charge in [0, 0.05) is 11.7 Å². The lowest BCUT2D eigenvalue weighted by Gasteiger charge is -2.14. The van der Waals surface area contributed by atoms with Crippen LogP contribution in [0, 0.1) is 0 Å². The SMILES string of the molecule is CCCCCCCCCC(C)Nc1ccccc1. The second kappa shape index (κ2) is 9.99. The van der Waals surface area contributed by atoms with E-state index in [0.29, 0.717) is 6.04 Å². The maximum Gasteiger partial charge on any atom is 0.0342 e. The molecule has 0 heterocycles. The predicted molar refractivity (Wildman–Crippen MR) is 82.1 cm³/mol. The van der Waals surface area contributed by atoms with E-state index in [4.69, 9.17) is 0 Å². The van der Waals surface area contributed by atoms with E-state index in [0.717, 1.165) is 0 Å². The largest absolute Gasteiger partial charge is 0.383 e. The molecule has 1 nitrogen and oxygen atoms in total. The number of hydrogen-bond acceptors (Lipinski definition) is 1. The third-order valence-electron chi connectivity index (χ3n) is 3.43. The molecule has 0 spiro atoms. The van der Waals surface area contributed by atoms with Crippen LogP contribution in [0.3, 0.4) is 0 Å². The number of hydrogen-bond donors (Lipinski definition) is 1. The average Bonchev–Trinajstić information content (AvgIpc) is 2.39. The van der Waals surface area contributed by atoms with Crippen molar-refractivity contribution in [2.24, 2.45) is 0 Å². The molecule has 0 amide bonds. The molecular formula is C17H29N. The van der Waals surface area contributed by atoms with Crippen molar-refractivity contribution in [3.63, 3.8) is 0 Å². The van der Waals surface area contributed by atoms with Gasteiger partial charge in [-0.25, -0.2) is 0 Å². The molecule has 1 atom stereocenters. The van der Waals surface area contributed by atoms with Crippen molar-refractivity contribution in [3.8, 4) is 0 Å². The van der Waals surface area contributed by atoms with Crippen molar-refractivity contribution < 1.29 is 0 Å². The van der Waals surface area contributed by atoms with Crippen LogP contribution in [0.15, 0.2) is 30.3 Å². The van der Waals surface area contributed by atoms with E-state index in [-0.39, 0.29) is 0 Å². The van der Waals surface area contributed by atoms with Crippen molar-refractivity contribution in [2.75, 3.05) is 5.32 Å². The van der Waals surface area contributed by atoms with Gasteiger partial charge in [0.15, 0.2) is 0 Å². The van der Waals surface area contributed by atoms with Gasteiger partial charge in [-0.05, 0) is 25.5 Å². The Hall–Kier alpha value is -0.980. The van der Waals surface area contributed by atoms with Gasteiger partial charge in [0.1, 0.15) is 0 Å². The van der Waals surface area contributed by atoms with Crippen molar-refractivity contribution in [1.29, 1.82) is 0 Å². The van der Waals surface area contributed by atoms with E-state index >= 15 is 0 Å². The lowest BCUT2D eigenvalue weighted by atomic mass is 10.1. The Morgan fingerprint density at radius 3 is 2.17 bits per heavy atom. The van der Waals surface area contributed by atoms with Gasteiger partial charge in [0.25, 0.3) is 0 Å². The summed E-state index contributed by atoms with van der Waals surface area (Å²) in [5, 5.41) is 3.55. The molecule has 0 fully saturated rings. The summed E-state index contributed by atoms with van der Waals surface area (Å²) in [6.45, 7) is 4.56. The number of anilines is 1. The number of unbranched alkanes of at least 4 members (excludes halogenated alkanes) is 6. The summed E-state index contributed by atoms with van der Waals surface area (Å²) >= 11 is 0. The molecular weight excluding hydrogens is 218 g/mol. The molecule has 0 saturated heterocycles. The van der Waals surface area contributed by atoms with Crippen LogP contribution in [0.1, 0.15) is 65.2 Å². The molecule has 18 heavy (non-hydrogen) atoms. The number of rotatable bonds is 10. The highest BCUT2D eigenvalue weighted by molar-refractivity contribution is 5.43. The molecule has 0 aliphatic carbocycles. The summed E-state index contributed by atoms with van der Waals surface area (Å²) in [7, 11) is 0. The van der Waals surface area contributed by atoms with Crippen LogP contribution in [-0.2, 0) is 0 Å². The molecule has 102 valence electrons. The Kier molecular flexibility index (Phi) is 8.37. The molecule has 1 aromatic carbocycles. The molecule has 0 bridgehead atoms. The first-order valence-corrected chi connectivity index (χ1v) is 7.64. The first-order chi connectivity index (χ1) is 8.83. The molecule has 1 unspecified atom stereocenters. The predicted octanol–water partition coefficient (Wildman–Crippen LogP) is 5.63. The van der Waals surface area contributed by atoms with Gasteiger partial charge in [-0.1, -0.05) is 70.1 Å². The molecule has 0 radical (unpaired) electrons. The van der Waals surface area contributed by atoms with E-state index in [1.807, 2.05) is 0 Å². The number of benzene rings is 1. The standard InChI is InChI=1S/C17H29N/c1-3-4-5-6-7-8-10-13-16(2)18-17-14-11-9-12-15-17/h9,11-12,14-16,18H,3-8,10,13H2,1-2H3. The zero-order valence-corrected chi connectivity index (χ0v) is 12.1. The van der Waals surface area contributed by atoms with Crippen LogP contribution in [0.25, 0.3) is 0 Å². The monoisotopic (exact) mass is 247 g/mol. The quantitative estimate of drug-likeness (QED) is 0.528. The van der Waals surface area contributed by atoms with Crippen LogP contribution in [-0.4, -0.2) is 6.04 Å². The van der Waals surface area contributed by atoms with Gasteiger partial charge < -0.3 is 5.32 Å². The van der Waals surface area contributed by atoms with Gasteiger partial charge in [-0.2, -0.15) is 0 Å². The summed E-state index contributed by atoms with van der Waals surface area (Å²) in [6, 6.07) is 11.1. The highest BCUT2D eigenvalue weighted by atomic mass is 14.9. The van der Waals surface area contributed by atoms with Crippen LogP contribution in [0.2, 0.25) is 0 Å². The summed E-state index contributed by atoms with van der Waals surface area (Å²) in [4.78, 5) is 0. The molecule has 1 rings (SSSR count). The summed E-state index contributed by atoms with van der Waals surface area (Å²) < 4.78 is 0. The second-order valence-electron chi connectivity index (χ2n) is 5.32. The van der Waals surface area contributed by atoms with Crippen LogP contribution in [0.5, 0.6) is 0 Å². The average molecular weight is 247 g/mol. The normalized spacial score (nSPS) is 12.3. The molecule has 0 aliphatic rings. The van der Waals surface area contributed by atoms with Gasteiger partial charge in [0.2, 0.25) is 0 Å². The summed E-state index contributed by atoms with van der Waals surface area (Å²) in [5.74, 6) is 0. The first kappa shape index (κ1) is 15.1. The minimum Gasteiger partial charge on any atom is -0.383 e. The smallest absolute Gasteiger partial charge is 0.0342 e. The van der Waals surface area contributed by atoms with Crippen LogP contribution < -0.4 is 5.32 Å². The Bertz CT molecular complexity index is 281. The molecule has 0 aromatic heterocycles. The fourth-order valence-electron chi connectivity index (χ4n) is 2.30. The van der Waals surface area contributed by atoms with Gasteiger partial charge in [0.05, 0.1) is 0 Å². The highest BCUT2D eigenvalue weighted by Crippen LogP contribution is 2.13. The van der Waals surface area contributed by atoms with Crippen LogP contribution in [0.4, 0.5) is 5.69 Å². The maximum absolute atomic E-state index is 3.55. The minimum absolute atomic E-state index is 0.586. The number of nitrogens with one attached hydrogen (secondary N) is 1. The molecule has 0 saturated carbocycles. The third kappa shape index (κ3) is 7.37. The van der Waals surface area contributed by atoms with E-state index in [1.54, 1.807) is 0 Å². The zero-order valence-electron chi connectivity index (χ0n) is 12.1. The van der Waals surface area contributed by atoms with Crippen molar-refractivity contribution in [2.45, 2.75) is 71.3 Å². The topological polar surface area (TPSA) is 12.0 Å². The third-order valence-corrected chi connectivity index (χ3v) is 3.43. The van der Waals surface area contributed by atoms with Crippen molar-refractivity contribution >= 4 is 5.69 Å². The Balaban J connectivity index is 1.99. The van der Waals surface area contributed by atoms with Crippen LogP contribution >= 0.6 is 0 Å². The van der Waals surface area contributed by atoms with Gasteiger partial charge in [-0.15, -0.1) is 0 Å².